The summed E-state index contributed by atoms with van der Waals surface area (Å²) >= 11 is 0. The average molecular weight is 299 g/mol. The first-order valence-corrected chi connectivity index (χ1v) is 9.11. The molecule has 21 heavy (non-hydrogen) atoms. The third-order valence-corrected chi connectivity index (χ3v) is 4.43. The van der Waals surface area contributed by atoms with Crippen LogP contribution < -0.4 is 10.0 Å². The monoisotopic (exact) mass is 299 g/mol. The van der Waals surface area contributed by atoms with E-state index in [2.05, 4.69) is 13.8 Å². The Morgan fingerprint density at radius 1 is 1.10 bits per heavy atom. The Kier molecular flexibility index (Phi) is 14.0. The molecule has 0 aromatic rings. The lowest BCUT2D eigenvalue weighted by molar-refractivity contribution is -0.909. The van der Waals surface area contributed by atoms with E-state index in [1.165, 1.54) is 83.8 Å². The van der Waals surface area contributed by atoms with Crippen LogP contribution in [0, 0.1) is 5.92 Å². The van der Waals surface area contributed by atoms with Gasteiger partial charge in [-0.05, 0) is 39.0 Å². The zero-order valence-electron chi connectivity index (χ0n) is 14.6. The predicted octanol–water partition coefficient (Wildman–Crippen LogP) is 2.20. The van der Waals surface area contributed by atoms with Gasteiger partial charge in [0.05, 0.1) is 19.6 Å². The molecule has 0 bridgehead atoms. The molecule has 1 saturated heterocycles. The molecule has 0 aliphatic carbocycles. The highest BCUT2D eigenvalue weighted by Gasteiger charge is 2.20. The quantitative estimate of drug-likeness (QED) is 0.663. The number of rotatable bonds is 9. The van der Waals surface area contributed by atoms with Crippen molar-refractivity contribution in [3.05, 3.63) is 0 Å². The molecule has 1 N–H and O–H groups in total. The topological polar surface area (TPSA) is 44.6 Å². The van der Waals surface area contributed by atoms with Gasteiger partial charge in [0.25, 0.3) is 0 Å². The van der Waals surface area contributed by atoms with Crippen LogP contribution in [0.1, 0.15) is 85.0 Å². The van der Waals surface area contributed by atoms with Gasteiger partial charge < -0.3 is 14.8 Å². The van der Waals surface area contributed by atoms with Crippen molar-refractivity contribution < 1.29 is 14.8 Å². The zero-order chi connectivity index (χ0) is 15.9. The van der Waals surface area contributed by atoms with Gasteiger partial charge in [0, 0.05) is 11.9 Å². The molecule has 3 nitrogen and oxygen atoms in total. The molecule has 1 aliphatic rings. The molecule has 2 unspecified atom stereocenters. The predicted molar refractivity (Wildman–Crippen MR) is 87.3 cm³/mol. The van der Waals surface area contributed by atoms with E-state index in [-0.39, 0.29) is 0 Å². The van der Waals surface area contributed by atoms with Crippen molar-refractivity contribution in [1.82, 2.24) is 0 Å². The minimum Gasteiger partial charge on any atom is -0.550 e. The summed E-state index contributed by atoms with van der Waals surface area (Å²) < 4.78 is 0. The highest BCUT2D eigenvalue weighted by atomic mass is 16.4. The van der Waals surface area contributed by atoms with E-state index >= 15 is 0 Å². The van der Waals surface area contributed by atoms with E-state index in [9.17, 15) is 0 Å². The lowest BCUT2D eigenvalue weighted by atomic mass is 9.95. The second-order valence-corrected chi connectivity index (χ2v) is 6.48. The van der Waals surface area contributed by atoms with E-state index < -0.39 is 5.97 Å². The minimum absolute atomic E-state index is 0.972. The number of hydrogen-bond acceptors (Lipinski definition) is 2. The summed E-state index contributed by atoms with van der Waals surface area (Å²) in [6, 6.07) is 0. The number of unbranched alkanes of at least 4 members (excludes halogenated alkanes) is 6. The Hall–Kier alpha value is -0.570. The number of nitrogens with one attached hydrogen (secondary N) is 1. The van der Waals surface area contributed by atoms with Gasteiger partial charge in [-0.3, -0.25) is 0 Å². The molecule has 1 fully saturated rings. The van der Waals surface area contributed by atoms with Crippen molar-refractivity contribution in [2.24, 2.45) is 5.92 Å². The van der Waals surface area contributed by atoms with E-state index in [4.69, 9.17) is 9.90 Å². The smallest absolute Gasteiger partial charge is 0.0799 e. The van der Waals surface area contributed by atoms with Crippen LogP contribution in [0.25, 0.3) is 0 Å². The molecule has 1 aliphatic heterocycles. The van der Waals surface area contributed by atoms with Crippen molar-refractivity contribution in [2.75, 3.05) is 19.6 Å². The minimum atomic E-state index is -1.08. The fraction of sp³-hybridized carbons (Fsp3) is 0.944. The van der Waals surface area contributed by atoms with Crippen LogP contribution in [0.4, 0.5) is 0 Å². The van der Waals surface area contributed by atoms with Gasteiger partial charge in [-0.2, -0.15) is 0 Å². The molecule has 0 saturated carbocycles. The molecule has 0 spiro atoms. The summed E-state index contributed by atoms with van der Waals surface area (Å²) in [5.74, 6) is -0.0525. The van der Waals surface area contributed by atoms with Crippen molar-refractivity contribution >= 4 is 5.97 Å². The number of likely N-dealkylation sites (tertiary alicyclic amines) is 1. The van der Waals surface area contributed by atoms with E-state index in [0.717, 1.165) is 12.8 Å². The maximum Gasteiger partial charge on any atom is 0.0799 e. The van der Waals surface area contributed by atoms with Gasteiger partial charge in [0.15, 0.2) is 0 Å². The Bertz CT molecular complexity index is 239. The number of quaternary nitrogens is 1. The van der Waals surface area contributed by atoms with Gasteiger partial charge in [0.2, 0.25) is 0 Å². The van der Waals surface area contributed by atoms with Gasteiger partial charge in [-0.15, -0.1) is 0 Å². The van der Waals surface area contributed by atoms with Gasteiger partial charge in [0.1, 0.15) is 0 Å². The van der Waals surface area contributed by atoms with Gasteiger partial charge in [-0.25, -0.2) is 0 Å². The zero-order valence-corrected chi connectivity index (χ0v) is 14.6. The van der Waals surface area contributed by atoms with Gasteiger partial charge in [-0.1, -0.05) is 46.0 Å². The molecule has 1 rings (SSSR count). The molecular weight excluding hydrogens is 262 g/mol. The van der Waals surface area contributed by atoms with Crippen LogP contribution in [0.15, 0.2) is 0 Å². The number of aliphatic carboxylic acids is 1. The van der Waals surface area contributed by atoms with Crippen LogP contribution in [0.5, 0.6) is 0 Å². The van der Waals surface area contributed by atoms with E-state index in [1.54, 1.807) is 0 Å². The van der Waals surface area contributed by atoms with Crippen molar-refractivity contribution in [3.8, 4) is 0 Å². The summed E-state index contributed by atoms with van der Waals surface area (Å²) in [4.78, 5) is 10.8. The van der Waals surface area contributed by atoms with Crippen LogP contribution in [-0.4, -0.2) is 25.6 Å². The Labute approximate surface area is 132 Å². The molecule has 0 aromatic heterocycles. The third kappa shape index (κ3) is 14.1. The summed E-state index contributed by atoms with van der Waals surface area (Å²) in [5.41, 5.74) is 0. The molecule has 2 atom stereocenters. The largest absolute Gasteiger partial charge is 0.550 e. The Morgan fingerprint density at radius 2 is 1.67 bits per heavy atom. The highest BCUT2D eigenvalue weighted by molar-refractivity contribution is 5.60. The lowest BCUT2D eigenvalue weighted by Crippen LogP contribution is -3.13. The van der Waals surface area contributed by atoms with E-state index in [0.29, 0.717) is 0 Å². The molecule has 0 aromatic carbocycles. The molecule has 0 amide bonds. The fourth-order valence-corrected chi connectivity index (χ4v) is 3.16. The number of carboxylic acid groups (broad SMARTS) is 1. The number of carbonyl (C=O) groups excluding carboxylic acids is 1. The second-order valence-electron chi connectivity index (χ2n) is 6.48. The Morgan fingerprint density at radius 3 is 2.24 bits per heavy atom. The molecule has 1 heterocycles. The molecular formula is C18H37NO2. The molecule has 0 radical (unpaired) electrons. The van der Waals surface area contributed by atoms with Crippen LogP contribution in [0.2, 0.25) is 0 Å². The van der Waals surface area contributed by atoms with Crippen molar-refractivity contribution in [2.45, 2.75) is 85.0 Å². The van der Waals surface area contributed by atoms with Crippen molar-refractivity contribution in [3.63, 3.8) is 0 Å². The molecule has 126 valence electrons. The van der Waals surface area contributed by atoms with Crippen LogP contribution in [-0.2, 0) is 4.79 Å². The normalized spacial score (nSPS) is 21.5. The lowest BCUT2D eigenvalue weighted by Gasteiger charge is -2.29. The van der Waals surface area contributed by atoms with Crippen LogP contribution >= 0.6 is 0 Å². The summed E-state index contributed by atoms with van der Waals surface area (Å²) in [6.45, 7) is 9.99. The first kappa shape index (κ1) is 20.4. The number of piperidine rings is 1. The number of carboxylic acids is 1. The number of hydrogen-bond donors (Lipinski definition) is 1. The highest BCUT2D eigenvalue weighted by Crippen LogP contribution is 2.11. The standard InChI is InChI=1S/C16H33N.C2H4O2/c1-3-5-6-7-8-9-10-13-17-14-11-12-16(4-2)15-17;1-2(3)4/h16H,3-15H2,1-2H3;1H3,(H,3,4). The number of carbonyl (C=O) groups is 1. The summed E-state index contributed by atoms with van der Waals surface area (Å²) in [6.07, 6.45) is 14.5. The first-order chi connectivity index (χ1) is 10.1. The third-order valence-electron chi connectivity index (χ3n) is 4.43. The van der Waals surface area contributed by atoms with Crippen molar-refractivity contribution in [1.29, 1.82) is 0 Å². The fourth-order valence-electron chi connectivity index (χ4n) is 3.16. The maximum atomic E-state index is 8.89. The summed E-state index contributed by atoms with van der Waals surface area (Å²) in [5, 5.41) is 8.89. The Balaban J connectivity index is 0.000000885. The first-order valence-electron chi connectivity index (χ1n) is 9.11. The SMILES string of the molecule is CC(=O)[O-].CCCCCCCCC[NH+]1CCCC(CC)C1. The average Bonchev–Trinajstić information content (AvgIpc) is 2.46. The molecule has 3 heteroatoms. The van der Waals surface area contributed by atoms with Crippen LogP contribution in [0.3, 0.4) is 0 Å². The van der Waals surface area contributed by atoms with Gasteiger partial charge >= 0.3 is 0 Å². The summed E-state index contributed by atoms with van der Waals surface area (Å²) in [7, 11) is 0. The van der Waals surface area contributed by atoms with E-state index in [1.807, 2.05) is 4.90 Å². The maximum absolute atomic E-state index is 8.89. The second kappa shape index (κ2) is 14.4.